The van der Waals surface area contributed by atoms with E-state index in [1.807, 2.05) is 6.20 Å². The lowest BCUT2D eigenvalue weighted by atomic mass is 10.1. The average Bonchev–Trinajstić information content (AvgIpc) is 3.31. The fourth-order valence-electron chi connectivity index (χ4n) is 3.07. The van der Waals surface area contributed by atoms with Crippen LogP contribution in [-0.2, 0) is 11.3 Å². The summed E-state index contributed by atoms with van der Waals surface area (Å²) in [6.07, 6.45) is 7.47. The molecule has 4 nitrogen and oxygen atoms in total. The van der Waals surface area contributed by atoms with Crippen LogP contribution in [0, 0.1) is 6.92 Å². The van der Waals surface area contributed by atoms with Gasteiger partial charge in [0.1, 0.15) is 0 Å². The van der Waals surface area contributed by atoms with Crippen LogP contribution in [0.1, 0.15) is 43.9 Å². The second kappa shape index (κ2) is 6.75. The molecular formula is C17H27N3O. The molecule has 4 heteroatoms. The van der Waals surface area contributed by atoms with Gasteiger partial charge in [-0.3, -0.25) is 4.98 Å². The van der Waals surface area contributed by atoms with Gasteiger partial charge in [-0.15, -0.1) is 0 Å². The minimum absolute atomic E-state index is 0.376. The number of aromatic nitrogens is 1. The zero-order chi connectivity index (χ0) is 14.7. The van der Waals surface area contributed by atoms with Gasteiger partial charge in [-0.2, -0.15) is 0 Å². The molecule has 1 aromatic heterocycles. The molecule has 2 fully saturated rings. The van der Waals surface area contributed by atoms with Crippen LogP contribution in [0.25, 0.3) is 0 Å². The predicted octanol–water partition coefficient (Wildman–Crippen LogP) is 2.65. The van der Waals surface area contributed by atoms with Gasteiger partial charge in [-0.1, -0.05) is 0 Å². The maximum atomic E-state index is 5.84. The Balaban J connectivity index is 1.73. The van der Waals surface area contributed by atoms with Gasteiger partial charge in [-0.05, 0) is 45.6 Å². The summed E-state index contributed by atoms with van der Waals surface area (Å²) < 4.78 is 5.84. The highest BCUT2D eigenvalue weighted by Crippen LogP contribution is 2.27. The number of nitrogens with one attached hydrogen (secondary N) is 1. The third-order valence-electron chi connectivity index (χ3n) is 4.38. The summed E-state index contributed by atoms with van der Waals surface area (Å²) >= 11 is 0. The smallest absolute Gasteiger partial charge is 0.0750 e. The van der Waals surface area contributed by atoms with Crippen LogP contribution in [0.5, 0.6) is 0 Å². The second-order valence-electron chi connectivity index (χ2n) is 6.28. The Morgan fingerprint density at radius 1 is 1.38 bits per heavy atom. The molecule has 0 amide bonds. The summed E-state index contributed by atoms with van der Waals surface area (Å²) in [7, 11) is 0. The standard InChI is InChI=1S/C17H27N3O/c1-3-21-16-5-4-8-20(12-16)17-9-13(2)18-10-14(17)11-19-15-6-7-15/h9-10,15-16,19H,3-8,11-12H2,1-2H3. The van der Waals surface area contributed by atoms with Crippen LogP contribution in [0.4, 0.5) is 5.69 Å². The number of hydrogen-bond donors (Lipinski definition) is 1. The van der Waals surface area contributed by atoms with Crippen LogP contribution in [0.2, 0.25) is 0 Å². The lowest BCUT2D eigenvalue weighted by Gasteiger charge is -2.35. The van der Waals surface area contributed by atoms with Crippen molar-refractivity contribution >= 4 is 5.69 Å². The molecule has 1 aliphatic heterocycles. The minimum Gasteiger partial charge on any atom is -0.377 e. The Morgan fingerprint density at radius 3 is 3.00 bits per heavy atom. The van der Waals surface area contributed by atoms with Gasteiger partial charge in [0.15, 0.2) is 0 Å². The number of anilines is 1. The van der Waals surface area contributed by atoms with E-state index < -0.39 is 0 Å². The summed E-state index contributed by atoms with van der Waals surface area (Å²) in [5.74, 6) is 0. The first kappa shape index (κ1) is 14.8. The summed E-state index contributed by atoms with van der Waals surface area (Å²) in [6.45, 7) is 8.04. The Kier molecular flexibility index (Phi) is 4.76. The van der Waals surface area contributed by atoms with E-state index in [1.165, 1.54) is 36.9 Å². The SMILES string of the molecule is CCOC1CCCN(c2cc(C)ncc2CNC2CC2)C1. The van der Waals surface area contributed by atoms with Crippen LogP contribution < -0.4 is 10.2 Å². The summed E-state index contributed by atoms with van der Waals surface area (Å²) in [5.41, 5.74) is 3.77. The zero-order valence-electron chi connectivity index (χ0n) is 13.3. The number of aryl methyl sites for hydroxylation is 1. The van der Waals surface area contributed by atoms with Crippen molar-refractivity contribution in [2.45, 2.75) is 58.2 Å². The highest BCUT2D eigenvalue weighted by molar-refractivity contribution is 5.54. The van der Waals surface area contributed by atoms with Crippen molar-refractivity contribution in [3.63, 3.8) is 0 Å². The van der Waals surface area contributed by atoms with Gasteiger partial charge < -0.3 is 15.0 Å². The highest BCUT2D eigenvalue weighted by atomic mass is 16.5. The topological polar surface area (TPSA) is 37.4 Å². The molecular weight excluding hydrogens is 262 g/mol. The maximum Gasteiger partial charge on any atom is 0.0750 e. The van der Waals surface area contributed by atoms with Gasteiger partial charge in [0.2, 0.25) is 0 Å². The molecule has 1 aromatic rings. The quantitative estimate of drug-likeness (QED) is 0.873. The first-order chi connectivity index (χ1) is 10.3. The first-order valence-corrected chi connectivity index (χ1v) is 8.31. The third-order valence-corrected chi connectivity index (χ3v) is 4.38. The van der Waals surface area contributed by atoms with Gasteiger partial charge in [0, 0.05) is 55.4 Å². The van der Waals surface area contributed by atoms with E-state index in [-0.39, 0.29) is 0 Å². The van der Waals surface area contributed by atoms with Crippen LogP contribution >= 0.6 is 0 Å². The normalized spacial score (nSPS) is 22.6. The first-order valence-electron chi connectivity index (χ1n) is 8.31. The fraction of sp³-hybridized carbons (Fsp3) is 0.706. The van der Waals surface area contributed by atoms with E-state index in [4.69, 9.17) is 4.74 Å². The molecule has 1 saturated heterocycles. The number of hydrogen-bond acceptors (Lipinski definition) is 4. The molecule has 0 radical (unpaired) electrons. The molecule has 116 valence electrons. The Bertz CT molecular complexity index is 471. The zero-order valence-corrected chi connectivity index (χ0v) is 13.3. The molecule has 1 atom stereocenters. The van der Waals surface area contributed by atoms with Gasteiger partial charge in [0.05, 0.1) is 6.10 Å². The molecule has 1 saturated carbocycles. The van der Waals surface area contributed by atoms with Gasteiger partial charge >= 0.3 is 0 Å². The van der Waals surface area contributed by atoms with E-state index in [9.17, 15) is 0 Å². The molecule has 0 aromatic carbocycles. The molecule has 1 unspecified atom stereocenters. The van der Waals surface area contributed by atoms with Crippen molar-refractivity contribution in [2.75, 3.05) is 24.6 Å². The van der Waals surface area contributed by atoms with E-state index in [0.717, 1.165) is 38.0 Å². The summed E-state index contributed by atoms with van der Waals surface area (Å²) in [5, 5.41) is 3.61. The largest absolute Gasteiger partial charge is 0.377 e. The maximum absolute atomic E-state index is 5.84. The molecule has 21 heavy (non-hydrogen) atoms. The molecule has 0 spiro atoms. The highest BCUT2D eigenvalue weighted by Gasteiger charge is 2.24. The van der Waals surface area contributed by atoms with Crippen molar-refractivity contribution in [3.8, 4) is 0 Å². The van der Waals surface area contributed by atoms with Crippen molar-refractivity contribution in [3.05, 3.63) is 23.5 Å². The van der Waals surface area contributed by atoms with Crippen molar-refractivity contribution < 1.29 is 4.74 Å². The molecule has 1 aliphatic carbocycles. The van der Waals surface area contributed by atoms with E-state index in [0.29, 0.717) is 6.10 Å². The van der Waals surface area contributed by atoms with E-state index >= 15 is 0 Å². The number of pyridine rings is 1. The number of ether oxygens (including phenoxy) is 1. The van der Waals surface area contributed by atoms with Crippen LogP contribution in [-0.4, -0.2) is 36.8 Å². The lowest BCUT2D eigenvalue weighted by molar-refractivity contribution is 0.0526. The number of nitrogens with zero attached hydrogens (tertiary/aromatic N) is 2. The van der Waals surface area contributed by atoms with Gasteiger partial charge in [0.25, 0.3) is 0 Å². The second-order valence-corrected chi connectivity index (χ2v) is 6.28. The van der Waals surface area contributed by atoms with E-state index in [2.05, 4.69) is 35.1 Å². The van der Waals surface area contributed by atoms with Crippen molar-refractivity contribution in [1.29, 1.82) is 0 Å². The number of piperidine rings is 1. The van der Waals surface area contributed by atoms with Crippen LogP contribution in [0.15, 0.2) is 12.3 Å². The van der Waals surface area contributed by atoms with Gasteiger partial charge in [-0.25, -0.2) is 0 Å². The monoisotopic (exact) mass is 289 g/mol. The minimum atomic E-state index is 0.376. The van der Waals surface area contributed by atoms with Crippen LogP contribution in [0.3, 0.4) is 0 Å². The Labute approximate surface area is 127 Å². The molecule has 1 N–H and O–H groups in total. The molecule has 2 aliphatic rings. The van der Waals surface area contributed by atoms with E-state index in [1.54, 1.807) is 0 Å². The van der Waals surface area contributed by atoms with Crippen molar-refractivity contribution in [2.24, 2.45) is 0 Å². The molecule has 2 heterocycles. The Hall–Kier alpha value is -1.13. The third kappa shape index (κ3) is 3.95. The predicted molar refractivity (Wildman–Crippen MR) is 85.7 cm³/mol. The van der Waals surface area contributed by atoms with Crippen molar-refractivity contribution in [1.82, 2.24) is 10.3 Å². The molecule has 3 rings (SSSR count). The summed E-state index contributed by atoms with van der Waals surface area (Å²) in [6, 6.07) is 2.97. The molecule has 0 bridgehead atoms. The lowest BCUT2D eigenvalue weighted by Crippen LogP contribution is -2.40. The Morgan fingerprint density at radius 2 is 2.24 bits per heavy atom. The number of rotatable bonds is 6. The average molecular weight is 289 g/mol. The summed E-state index contributed by atoms with van der Waals surface area (Å²) in [4.78, 5) is 6.98. The fourth-order valence-corrected chi connectivity index (χ4v) is 3.07.